The molecule has 17 aromatic rings. The molecule has 0 aliphatic rings. The Morgan fingerprint density at radius 2 is 0.426 bits per heavy atom. The van der Waals surface area contributed by atoms with Crippen molar-refractivity contribution in [3.05, 3.63) is 193 Å². The third kappa shape index (κ3) is 4.01. The minimum atomic E-state index is -0.291. The van der Waals surface area contributed by atoms with Gasteiger partial charge in [0.15, 0.2) is 0 Å². The van der Waals surface area contributed by atoms with E-state index < -0.39 is 0 Å². The van der Waals surface area contributed by atoms with E-state index in [0.717, 1.165) is 152 Å². The van der Waals surface area contributed by atoms with Crippen LogP contribution < -0.4 is 0 Å². The molecule has 0 saturated carbocycles. The highest BCUT2D eigenvalue weighted by Crippen LogP contribution is 2.58. The quantitative estimate of drug-likeness (QED) is 0.0922. The standard InChI is InChI=1S/C64H28F4/c65-31-11-7-29(8-12-31)51-43-5-1-3-35-49-27-33(67)15-17-41(49)59(55(35)43)63-47-25-21-39-38-20-24-46-58-48(26-22-40(54(38)58)37-19-23-45(61(51)63)57(47)53(37)39)64-60-42-18-16-34(68)28-50(42)36-4-2-6-44(56(36)60)52(62(46)64)30-9-13-32(66)14-10-30/h1-28H. The highest BCUT2D eigenvalue weighted by molar-refractivity contribution is 6.54. The number of rotatable bonds is 2. The number of fused-ring (bicyclic) bond motifs is 16. The zero-order chi connectivity index (χ0) is 44.6. The summed E-state index contributed by atoms with van der Waals surface area (Å²) < 4.78 is 59.6. The van der Waals surface area contributed by atoms with Gasteiger partial charge in [0.25, 0.3) is 0 Å². The molecule has 68 heavy (non-hydrogen) atoms. The normalized spacial score (nSPS) is 13.0. The Balaban J connectivity index is 1.08. The molecule has 312 valence electrons. The van der Waals surface area contributed by atoms with E-state index in [1.54, 1.807) is 24.3 Å². The summed E-state index contributed by atoms with van der Waals surface area (Å²) >= 11 is 0. The summed E-state index contributed by atoms with van der Waals surface area (Å²) in [7, 11) is 0. The number of hydrogen-bond donors (Lipinski definition) is 0. The van der Waals surface area contributed by atoms with Gasteiger partial charge in [-0.15, -0.1) is 0 Å². The molecule has 4 heteroatoms. The van der Waals surface area contributed by atoms with E-state index in [9.17, 15) is 8.78 Å². The van der Waals surface area contributed by atoms with E-state index in [2.05, 4.69) is 84.9 Å². The molecule has 17 aromatic carbocycles. The topological polar surface area (TPSA) is 0 Å². The fraction of sp³-hybridized carbons (Fsp3) is 0. The summed E-state index contributed by atoms with van der Waals surface area (Å²) in [6.45, 7) is 0. The Labute approximate surface area is 382 Å². The van der Waals surface area contributed by atoms with Crippen LogP contribution in [0.2, 0.25) is 0 Å². The fourth-order valence-corrected chi connectivity index (χ4v) is 13.6. The number of hydrogen-bond acceptors (Lipinski definition) is 0. The molecular formula is C64H28F4. The molecule has 0 amide bonds. The average Bonchev–Trinajstić information content (AvgIpc) is 4.08. The molecular weight excluding hydrogens is 845 g/mol. The third-order valence-electron chi connectivity index (χ3n) is 16.0. The van der Waals surface area contributed by atoms with Crippen molar-refractivity contribution in [2.75, 3.05) is 0 Å². The highest BCUT2D eigenvalue weighted by Gasteiger charge is 2.30. The summed E-state index contributed by atoms with van der Waals surface area (Å²) in [6.07, 6.45) is 0. The smallest absolute Gasteiger partial charge is 0.123 e. The second-order valence-corrected chi connectivity index (χ2v) is 19.0. The maximum atomic E-state index is 15.1. The highest BCUT2D eigenvalue weighted by atomic mass is 19.1. The van der Waals surface area contributed by atoms with E-state index in [1.165, 1.54) is 45.8 Å². The molecule has 0 N–H and O–H groups in total. The lowest BCUT2D eigenvalue weighted by Crippen LogP contribution is -1.87. The van der Waals surface area contributed by atoms with E-state index in [1.807, 2.05) is 36.4 Å². The lowest BCUT2D eigenvalue weighted by Gasteiger charge is -2.15. The largest absolute Gasteiger partial charge is 0.207 e. The van der Waals surface area contributed by atoms with Crippen molar-refractivity contribution in [3.63, 3.8) is 0 Å². The van der Waals surface area contributed by atoms with Gasteiger partial charge >= 0.3 is 0 Å². The Hall–Kier alpha value is -8.60. The molecule has 0 spiro atoms. The Morgan fingerprint density at radius 3 is 0.824 bits per heavy atom. The van der Waals surface area contributed by atoms with Crippen molar-refractivity contribution in [1.29, 1.82) is 0 Å². The van der Waals surface area contributed by atoms with Crippen molar-refractivity contribution in [1.82, 2.24) is 0 Å². The molecule has 0 aromatic heterocycles. The van der Waals surface area contributed by atoms with Crippen LogP contribution >= 0.6 is 0 Å². The molecule has 0 aliphatic carbocycles. The van der Waals surface area contributed by atoms with Gasteiger partial charge in [-0.3, -0.25) is 0 Å². The fourth-order valence-electron chi connectivity index (χ4n) is 13.6. The van der Waals surface area contributed by atoms with Crippen LogP contribution in [-0.4, -0.2) is 0 Å². The van der Waals surface area contributed by atoms with Crippen LogP contribution in [0.4, 0.5) is 17.6 Å². The summed E-state index contributed by atoms with van der Waals surface area (Å²) in [5.74, 6) is -1.13. The number of halogens is 4. The van der Waals surface area contributed by atoms with Crippen LogP contribution in [0.1, 0.15) is 0 Å². The molecule has 0 nitrogen and oxygen atoms in total. The van der Waals surface area contributed by atoms with Gasteiger partial charge in [0.05, 0.1) is 0 Å². The van der Waals surface area contributed by atoms with Gasteiger partial charge in [0, 0.05) is 0 Å². The first-order chi connectivity index (χ1) is 33.4. The third-order valence-corrected chi connectivity index (χ3v) is 16.0. The maximum Gasteiger partial charge on any atom is 0.123 e. The molecule has 0 bridgehead atoms. The Bertz CT molecular complexity index is 4750. The molecule has 0 radical (unpaired) electrons. The van der Waals surface area contributed by atoms with Crippen LogP contribution in [0.25, 0.3) is 173 Å². The van der Waals surface area contributed by atoms with Crippen LogP contribution in [0, 0.1) is 23.3 Å². The van der Waals surface area contributed by atoms with Crippen molar-refractivity contribution in [2.45, 2.75) is 0 Å². The molecule has 0 saturated heterocycles. The predicted octanol–water partition coefficient (Wildman–Crippen LogP) is 18.9. The molecule has 0 aliphatic heterocycles. The van der Waals surface area contributed by atoms with E-state index in [-0.39, 0.29) is 23.3 Å². The zero-order valence-electron chi connectivity index (χ0n) is 35.7. The van der Waals surface area contributed by atoms with E-state index in [4.69, 9.17) is 0 Å². The summed E-state index contributed by atoms with van der Waals surface area (Å²) in [5.41, 5.74) is 3.94. The second kappa shape index (κ2) is 11.9. The Morgan fingerprint density at radius 1 is 0.176 bits per heavy atom. The van der Waals surface area contributed by atoms with Gasteiger partial charge in [-0.1, -0.05) is 121 Å². The SMILES string of the molecule is Fc1ccc(-c2c3cccc4c5cc(F)ccc5c(c34)c3c4ccc5c6ccc7c8c(-c9ccc(F)cc9)c9cccc%10c%11cc(F)ccc%11c(c9%10)c8c8ccc(c9ccc(c23)c4c95)c6c78)cc1. The van der Waals surface area contributed by atoms with Gasteiger partial charge in [-0.2, -0.15) is 0 Å². The molecule has 17 rings (SSSR count). The summed E-state index contributed by atoms with van der Waals surface area (Å²) in [4.78, 5) is 0. The first-order valence-corrected chi connectivity index (χ1v) is 23.0. The van der Waals surface area contributed by atoms with E-state index >= 15 is 8.78 Å². The van der Waals surface area contributed by atoms with Gasteiger partial charge in [0.1, 0.15) is 23.3 Å². The Kier molecular flexibility index (Phi) is 6.21. The van der Waals surface area contributed by atoms with Crippen LogP contribution in [-0.2, 0) is 0 Å². The summed E-state index contributed by atoms with van der Waals surface area (Å²) in [6, 6.07) is 54.9. The molecule has 0 fully saturated rings. The van der Waals surface area contributed by atoms with E-state index in [0.29, 0.717) is 0 Å². The first-order valence-electron chi connectivity index (χ1n) is 23.0. The maximum absolute atomic E-state index is 15.1. The lowest BCUT2D eigenvalue weighted by molar-refractivity contribution is 0.627. The van der Waals surface area contributed by atoms with Gasteiger partial charge in [-0.25, -0.2) is 17.6 Å². The van der Waals surface area contributed by atoms with Crippen molar-refractivity contribution < 1.29 is 17.6 Å². The van der Waals surface area contributed by atoms with Crippen LogP contribution in [0.5, 0.6) is 0 Å². The van der Waals surface area contributed by atoms with Crippen LogP contribution in [0.3, 0.4) is 0 Å². The minimum absolute atomic E-state index is 0.272. The van der Waals surface area contributed by atoms with Gasteiger partial charge in [-0.05, 0) is 222 Å². The van der Waals surface area contributed by atoms with Crippen LogP contribution in [0.15, 0.2) is 170 Å². The van der Waals surface area contributed by atoms with Gasteiger partial charge < -0.3 is 0 Å². The molecule has 0 heterocycles. The van der Waals surface area contributed by atoms with Crippen molar-refractivity contribution >= 4 is 151 Å². The summed E-state index contributed by atoms with van der Waals surface area (Å²) in [5, 5.41) is 30.7. The molecule has 0 unspecified atom stereocenters. The monoisotopic (exact) mass is 872 g/mol. The lowest BCUT2D eigenvalue weighted by atomic mass is 9.87. The second-order valence-electron chi connectivity index (χ2n) is 19.0. The van der Waals surface area contributed by atoms with Crippen molar-refractivity contribution in [3.8, 4) is 22.3 Å². The number of benzene rings is 13. The molecule has 0 atom stereocenters. The van der Waals surface area contributed by atoms with Crippen molar-refractivity contribution in [2.24, 2.45) is 0 Å². The van der Waals surface area contributed by atoms with Gasteiger partial charge in [0.2, 0.25) is 0 Å². The zero-order valence-corrected chi connectivity index (χ0v) is 35.7. The first kappa shape index (κ1) is 35.6. The predicted molar refractivity (Wildman–Crippen MR) is 278 cm³/mol. The average molecular weight is 873 g/mol. The minimum Gasteiger partial charge on any atom is -0.207 e.